The van der Waals surface area contributed by atoms with Crippen molar-refractivity contribution in [2.24, 2.45) is 15.9 Å². The number of nitrogens with zero attached hydrogens (tertiary/aromatic N) is 2. The minimum absolute atomic E-state index is 0.448. The molecule has 0 radical (unpaired) electrons. The van der Waals surface area contributed by atoms with Gasteiger partial charge in [0.25, 0.3) is 0 Å². The summed E-state index contributed by atoms with van der Waals surface area (Å²) in [6.07, 6.45) is 0. The molecule has 78 valence electrons. The fourth-order valence-corrected chi connectivity index (χ4v) is 1.78. The van der Waals surface area contributed by atoms with Gasteiger partial charge in [-0.2, -0.15) is 0 Å². The molecule has 0 amide bonds. The Morgan fingerprint density at radius 3 is 2.33 bits per heavy atom. The molecule has 2 rings (SSSR count). The van der Waals surface area contributed by atoms with E-state index in [4.69, 9.17) is 0 Å². The average molecular weight is 200 g/mol. The van der Waals surface area contributed by atoms with Gasteiger partial charge in [-0.05, 0) is 5.92 Å². The smallest absolute Gasteiger partial charge is 0.0860 e. The van der Waals surface area contributed by atoms with Crippen molar-refractivity contribution in [2.45, 2.75) is 13.8 Å². The Morgan fingerprint density at radius 2 is 1.67 bits per heavy atom. The highest BCUT2D eigenvalue weighted by Crippen LogP contribution is 2.11. The number of benzene rings is 1. The van der Waals surface area contributed by atoms with E-state index in [9.17, 15) is 0 Å². The van der Waals surface area contributed by atoms with Crippen molar-refractivity contribution in [3.05, 3.63) is 35.9 Å². The van der Waals surface area contributed by atoms with E-state index in [0.29, 0.717) is 5.92 Å². The second-order valence-corrected chi connectivity index (χ2v) is 4.02. The van der Waals surface area contributed by atoms with Crippen LogP contribution in [0.15, 0.2) is 40.3 Å². The molecule has 0 atom stereocenters. The molecule has 1 heterocycles. The van der Waals surface area contributed by atoms with Gasteiger partial charge in [0.15, 0.2) is 0 Å². The Bertz CT molecular complexity index is 388. The first-order valence-corrected chi connectivity index (χ1v) is 5.43. The summed E-state index contributed by atoms with van der Waals surface area (Å²) >= 11 is 0. The molecule has 15 heavy (non-hydrogen) atoms. The zero-order valence-electron chi connectivity index (χ0n) is 9.27. The number of aliphatic imine (C=N–C) groups is 2. The maximum Gasteiger partial charge on any atom is 0.0860 e. The molecule has 1 aromatic carbocycles. The molecule has 1 aromatic rings. The van der Waals surface area contributed by atoms with Crippen molar-refractivity contribution in [1.29, 1.82) is 0 Å². The van der Waals surface area contributed by atoms with E-state index >= 15 is 0 Å². The van der Waals surface area contributed by atoms with E-state index < -0.39 is 0 Å². The predicted molar refractivity (Wildman–Crippen MR) is 65.0 cm³/mol. The van der Waals surface area contributed by atoms with Crippen LogP contribution in [0.3, 0.4) is 0 Å². The van der Waals surface area contributed by atoms with Crippen LogP contribution in [-0.4, -0.2) is 24.5 Å². The molecule has 0 spiro atoms. The van der Waals surface area contributed by atoms with Gasteiger partial charge in [0.2, 0.25) is 0 Å². The summed E-state index contributed by atoms with van der Waals surface area (Å²) in [5.41, 5.74) is 3.41. The maximum absolute atomic E-state index is 4.59. The third kappa shape index (κ3) is 2.14. The Labute approximate surface area is 90.8 Å². The van der Waals surface area contributed by atoms with Gasteiger partial charge in [-0.3, -0.25) is 9.98 Å². The van der Waals surface area contributed by atoms with Gasteiger partial charge < -0.3 is 0 Å². The normalized spacial score (nSPS) is 16.2. The monoisotopic (exact) mass is 200 g/mol. The van der Waals surface area contributed by atoms with Crippen molar-refractivity contribution in [1.82, 2.24) is 0 Å². The van der Waals surface area contributed by atoms with Crippen LogP contribution in [0.4, 0.5) is 0 Å². The van der Waals surface area contributed by atoms with Gasteiger partial charge in [-0.1, -0.05) is 44.2 Å². The van der Waals surface area contributed by atoms with Gasteiger partial charge >= 0.3 is 0 Å². The lowest BCUT2D eigenvalue weighted by atomic mass is 9.96. The molecular weight excluding hydrogens is 184 g/mol. The zero-order valence-corrected chi connectivity index (χ0v) is 9.27. The Kier molecular flexibility index (Phi) is 2.95. The Balaban J connectivity index is 2.36. The van der Waals surface area contributed by atoms with E-state index in [2.05, 4.69) is 36.0 Å². The van der Waals surface area contributed by atoms with E-state index in [1.807, 2.05) is 18.2 Å². The summed E-state index contributed by atoms with van der Waals surface area (Å²) in [4.78, 5) is 9.16. The van der Waals surface area contributed by atoms with Crippen molar-refractivity contribution in [3.63, 3.8) is 0 Å². The Morgan fingerprint density at radius 1 is 1.00 bits per heavy atom. The SMILES string of the molecule is CC(C)C1=NCCN=C1c1ccccc1. The quantitative estimate of drug-likeness (QED) is 0.701. The summed E-state index contributed by atoms with van der Waals surface area (Å²) in [6, 6.07) is 10.3. The molecule has 2 nitrogen and oxygen atoms in total. The first kappa shape index (κ1) is 10.1. The minimum Gasteiger partial charge on any atom is -0.285 e. The lowest BCUT2D eigenvalue weighted by molar-refractivity contribution is 0.858. The number of rotatable bonds is 2. The molecule has 0 N–H and O–H groups in total. The second kappa shape index (κ2) is 4.39. The van der Waals surface area contributed by atoms with E-state index in [1.54, 1.807) is 0 Å². The highest BCUT2D eigenvalue weighted by molar-refractivity contribution is 6.49. The molecule has 0 aliphatic carbocycles. The summed E-state index contributed by atoms with van der Waals surface area (Å²) in [7, 11) is 0. The van der Waals surface area contributed by atoms with Crippen molar-refractivity contribution >= 4 is 11.4 Å². The molecular formula is C13H16N2. The maximum atomic E-state index is 4.59. The fraction of sp³-hybridized carbons (Fsp3) is 0.385. The first-order valence-electron chi connectivity index (χ1n) is 5.43. The van der Waals surface area contributed by atoms with Crippen LogP contribution in [-0.2, 0) is 0 Å². The molecule has 0 unspecified atom stereocenters. The molecule has 0 aromatic heterocycles. The van der Waals surface area contributed by atoms with E-state index in [0.717, 1.165) is 24.5 Å². The summed E-state index contributed by atoms with van der Waals surface area (Å²) in [6.45, 7) is 6.00. The highest BCUT2D eigenvalue weighted by Gasteiger charge is 2.16. The van der Waals surface area contributed by atoms with Crippen LogP contribution in [0.2, 0.25) is 0 Å². The molecule has 2 heteroatoms. The number of hydrogen-bond acceptors (Lipinski definition) is 2. The molecule has 0 fully saturated rings. The van der Waals surface area contributed by atoms with Crippen LogP contribution < -0.4 is 0 Å². The third-order valence-corrected chi connectivity index (χ3v) is 2.49. The van der Waals surface area contributed by atoms with Gasteiger partial charge in [-0.15, -0.1) is 0 Å². The van der Waals surface area contributed by atoms with Gasteiger partial charge in [0.05, 0.1) is 24.5 Å². The van der Waals surface area contributed by atoms with E-state index in [-0.39, 0.29) is 0 Å². The van der Waals surface area contributed by atoms with Crippen LogP contribution in [0, 0.1) is 5.92 Å². The van der Waals surface area contributed by atoms with Crippen molar-refractivity contribution in [3.8, 4) is 0 Å². The minimum atomic E-state index is 0.448. The molecule has 0 saturated carbocycles. The molecule has 1 aliphatic rings. The summed E-state index contributed by atoms with van der Waals surface area (Å²) in [5, 5.41) is 0. The lowest BCUT2D eigenvalue weighted by Crippen LogP contribution is -2.25. The van der Waals surface area contributed by atoms with Crippen LogP contribution in [0.1, 0.15) is 19.4 Å². The average Bonchev–Trinajstić information content (AvgIpc) is 2.30. The standard InChI is InChI=1S/C13H16N2/c1-10(2)12-13(15-9-8-14-12)11-6-4-3-5-7-11/h3-7,10H,8-9H2,1-2H3. The Hall–Kier alpha value is -1.44. The van der Waals surface area contributed by atoms with Crippen molar-refractivity contribution < 1.29 is 0 Å². The topological polar surface area (TPSA) is 24.7 Å². The number of hydrogen-bond donors (Lipinski definition) is 0. The van der Waals surface area contributed by atoms with Gasteiger partial charge in [-0.25, -0.2) is 0 Å². The van der Waals surface area contributed by atoms with Gasteiger partial charge in [0.1, 0.15) is 0 Å². The lowest BCUT2D eigenvalue weighted by Gasteiger charge is -2.17. The summed E-state index contributed by atoms with van der Waals surface area (Å²) in [5.74, 6) is 0.448. The first-order chi connectivity index (χ1) is 7.29. The third-order valence-electron chi connectivity index (χ3n) is 2.49. The van der Waals surface area contributed by atoms with Crippen LogP contribution in [0.25, 0.3) is 0 Å². The summed E-state index contributed by atoms with van der Waals surface area (Å²) < 4.78 is 0. The fourth-order valence-electron chi connectivity index (χ4n) is 1.78. The van der Waals surface area contributed by atoms with Crippen LogP contribution in [0.5, 0.6) is 0 Å². The van der Waals surface area contributed by atoms with Crippen molar-refractivity contribution in [2.75, 3.05) is 13.1 Å². The zero-order chi connectivity index (χ0) is 10.7. The molecule has 0 saturated heterocycles. The molecule has 0 bridgehead atoms. The largest absolute Gasteiger partial charge is 0.285 e. The predicted octanol–water partition coefficient (Wildman–Crippen LogP) is 2.59. The second-order valence-electron chi connectivity index (χ2n) is 4.02. The van der Waals surface area contributed by atoms with E-state index in [1.165, 1.54) is 5.56 Å². The van der Waals surface area contributed by atoms with Gasteiger partial charge in [0, 0.05) is 5.56 Å². The van der Waals surface area contributed by atoms with Crippen LogP contribution >= 0.6 is 0 Å². The highest BCUT2D eigenvalue weighted by atomic mass is 14.9. The molecule has 1 aliphatic heterocycles.